The highest BCUT2D eigenvalue weighted by atomic mass is 79.9. The third kappa shape index (κ3) is 6.28. The number of aromatic nitrogens is 1. The van der Waals surface area contributed by atoms with Gasteiger partial charge in [0.05, 0.1) is 12.3 Å². The second-order valence-electron chi connectivity index (χ2n) is 7.05. The lowest BCUT2D eigenvalue weighted by molar-refractivity contribution is -0.112. The molecule has 1 heterocycles. The molecule has 1 amide bonds. The highest BCUT2D eigenvalue weighted by Crippen LogP contribution is 2.32. The molecule has 0 unspecified atom stereocenters. The lowest BCUT2D eigenvalue weighted by Gasteiger charge is -2.05. The molecular weight excluding hydrogens is 486 g/mol. The van der Waals surface area contributed by atoms with Gasteiger partial charge in [-0.3, -0.25) is 10.1 Å². The molecule has 0 saturated carbocycles. The summed E-state index contributed by atoms with van der Waals surface area (Å²) in [6.45, 7) is 4.84. The van der Waals surface area contributed by atoms with Crippen LogP contribution in [-0.4, -0.2) is 17.5 Å². The Kier molecular flexibility index (Phi) is 8.60. The number of nitriles is 1. The highest BCUT2D eigenvalue weighted by molar-refractivity contribution is 9.10. The maximum atomic E-state index is 12.7. The van der Waals surface area contributed by atoms with Crippen LogP contribution in [0.4, 0.5) is 5.13 Å². The molecule has 5 nitrogen and oxygen atoms in total. The van der Waals surface area contributed by atoms with E-state index in [0.717, 1.165) is 51.2 Å². The number of unbranched alkanes of at least 4 members (excludes halogenated alkanes) is 1. The summed E-state index contributed by atoms with van der Waals surface area (Å²) >= 11 is 4.87. The van der Waals surface area contributed by atoms with Crippen LogP contribution in [0.1, 0.15) is 37.1 Å². The first-order valence-electron chi connectivity index (χ1n) is 10.5. The minimum absolute atomic E-state index is 0.0168. The van der Waals surface area contributed by atoms with Crippen LogP contribution >= 0.6 is 27.3 Å². The van der Waals surface area contributed by atoms with Crippen molar-refractivity contribution >= 4 is 44.4 Å². The fourth-order valence-corrected chi connectivity index (χ4v) is 4.14. The smallest absolute Gasteiger partial charge is 0.268 e. The Labute approximate surface area is 200 Å². The van der Waals surface area contributed by atoms with E-state index in [-0.39, 0.29) is 5.57 Å². The summed E-state index contributed by atoms with van der Waals surface area (Å²) in [4.78, 5) is 18.4. The molecule has 0 atom stereocenters. The molecule has 0 bridgehead atoms. The van der Waals surface area contributed by atoms with E-state index in [0.29, 0.717) is 11.7 Å². The lowest BCUT2D eigenvalue weighted by atomic mass is 10.1. The van der Waals surface area contributed by atoms with Crippen molar-refractivity contribution in [2.45, 2.75) is 33.1 Å². The summed E-state index contributed by atoms with van der Waals surface area (Å²) in [5.74, 6) is 0.295. The van der Waals surface area contributed by atoms with Crippen LogP contribution in [0.5, 0.6) is 5.75 Å². The molecule has 0 radical (unpaired) electrons. The topological polar surface area (TPSA) is 75.0 Å². The molecular formula is C25H24BrN3O2S. The third-order valence-electron chi connectivity index (χ3n) is 4.68. The van der Waals surface area contributed by atoms with Crippen molar-refractivity contribution in [2.24, 2.45) is 0 Å². The van der Waals surface area contributed by atoms with Crippen LogP contribution in [0.3, 0.4) is 0 Å². The van der Waals surface area contributed by atoms with E-state index >= 15 is 0 Å². The van der Waals surface area contributed by atoms with Gasteiger partial charge in [-0.25, -0.2) is 4.98 Å². The molecule has 0 aliphatic rings. The normalized spacial score (nSPS) is 11.1. The minimum Gasteiger partial charge on any atom is -0.494 e. The van der Waals surface area contributed by atoms with Crippen molar-refractivity contribution in [1.82, 2.24) is 4.98 Å². The Morgan fingerprint density at radius 2 is 1.91 bits per heavy atom. The van der Waals surface area contributed by atoms with Crippen molar-refractivity contribution in [1.29, 1.82) is 5.26 Å². The molecule has 164 valence electrons. The molecule has 32 heavy (non-hydrogen) atoms. The van der Waals surface area contributed by atoms with Gasteiger partial charge in [-0.2, -0.15) is 5.26 Å². The standard InChI is InChI=1S/C25H24BrN3O2S/c1-3-5-14-31-21-12-6-17(7-13-21)15-19(16-27)24(30)29-25-28-23(22(4-2)32-25)18-8-10-20(26)11-9-18/h6-13,15H,3-5,14H2,1-2H3,(H,28,29,30)/b19-15+. The van der Waals surface area contributed by atoms with Gasteiger partial charge in [0.25, 0.3) is 5.91 Å². The number of benzene rings is 2. The van der Waals surface area contributed by atoms with E-state index in [1.807, 2.05) is 54.6 Å². The molecule has 0 aliphatic carbocycles. The second kappa shape index (κ2) is 11.6. The van der Waals surface area contributed by atoms with Crippen LogP contribution in [-0.2, 0) is 11.2 Å². The van der Waals surface area contributed by atoms with E-state index in [1.165, 1.54) is 11.3 Å². The van der Waals surface area contributed by atoms with Gasteiger partial charge in [-0.15, -0.1) is 11.3 Å². The van der Waals surface area contributed by atoms with Gasteiger partial charge in [0.1, 0.15) is 17.4 Å². The molecule has 0 aliphatic heterocycles. The molecule has 2 aromatic carbocycles. The highest BCUT2D eigenvalue weighted by Gasteiger charge is 2.16. The number of hydrogen-bond acceptors (Lipinski definition) is 5. The van der Waals surface area contributed by atoms with Gasteiger partial charge >= 0.3 is 0 Å². The quantitative estimate of drug-likeness (QED) is 0.194. The number of hydrogen-bond donors (Lipinski definition) is 1. The molecule has 0 fully saturated rings. The number of anilines is 1. The van der Waals surface area contributed by atoms with E-state index in [9.17, 15) is 10.1 Å². The molecule has 3 aromatic rings. The Morgan fingerprint density at radius 1 is 1.19 bits per heavy atom. The summed E-state index contributed by atoms with van der Waals surface area (Å²) in [6.07, 6.45) is 4.44. The van der Waals surface area contributed by atoms with E-state index < -0.39 is 5.91 Å². The number of nitrogens with one attached hydrogen (secondary N) is 1. The number of carbonyl (C=O) groups is 1. The Balaban J connectivity index is 1.73. The van der Waals surface area contributed by atoms with Crippen molar-refractivity contribution in [2.75, 3.05) is 11.9 Å². The van der Waals surface area contributed by atoms with Crippen LogP contribution in [0, 0.1) is 11.3 Å². The number of ether oxygens (including phenoxy) is 1. The second-order valence-corrected chi connectivity index (χ2v) is 9.05. The number of aryl methyl sites for hydroxylation is 1. The average Bonchev–Trinajstić information content (AvgIpc) is 3.21. The van der Waals surface area contributed by atoms with Crippen molar-refractivity contribution < 1.29 is 9.53 Å². The van der Waals surface area contributed by atoms with Crippen LogP contribution in [0.15, 0.2) is 58.6 Å². The predicted octanol–water partition coefficient (Wildman–Crippen LogP) is 6.86. The Hall–Kier alpha value is -2.95. The number of amides is 1. The van der Waals surface area contributed by atoms with E-state index in [2.05, 4.69) is 40.1 Å². The minimum atomic E-state index is -0.477. The zero-order valence-electron chi connectivity index (χ0n) is 18.0. The third-order valence-corrected chi connectivity index (χ3v) is 6.32. The Bertz CT molecular complexity index is 1130. The molecule has 3 rings (SSSR count). The van der Waals surface area contributed by atoms with Crippen LogP contribution < -0.4 is 10.1 Å². The lowest BCUT2D eigenvalue weighted by Crippen LogP contribution is -2.13. The number of halogens is 1. The van der Waals surface area contributed by atoms with Gasteiger partial charge in [0, 0.05) is 14.9 Å². The summed E-state index contributed by atoms with van der Waals surface area (Å²) in [5.41, 5.74) is 2.60. The molecule has 1 N–H and O–H groups in total. The molecule has 7 heteroatoms. The van der Waals surface area contributed by atoms with Gasteiger partial charge in [0.15, 0.2) is 5.13 Å². The van der Waals surface area contributed by atoms with Gasteiger partial charge < -0.3 is 4.74 Å². The molecule has 1 aromatic heterocycles. The first-order chi connectivity index (χ1) is 15.5. The van der Waals surface area contributed by atoms with Crippen LogP contribution in [0.25, 0.3) is 17.3 Å². The molecule has 0 saturated heterocycles. The summed E-state index contributed by atoms with van der Waals surface area (Å²) in [5, 5.41) is 12.8. The first kappa shape index (κ1) is 23.7. The monoisotopic (exact) mass is 509 g/mol. The summed E-state index contributed by atoms with van der Waals surface area (Å²) < 4.78 is 6.64. The summed E-state index contributed by atoms with van der Waals surface area (Å²) in [6, 6.07) is 17.2. The zero-order chi connectivity index (χ0) is 22.9. The fraction of sp³-hybridized carbons (Fsp3) is 0.240. The van der Waals surface area contributed by atoms with E-state index in [1.54, 1.807) is 6.08 Å². The fourth-order valence-electron chi connectivity index (χ4n) is 2.95. The van der Waals surface area contributed by atoms with E-state index in [4.69, 9.17) is 4.74 Å². The Morgan fingerprint density at radius 3 is 2.53 bits per heavy atom. The summed E-state index contributed by atoms with van der Waals surface area (Å²) in [7, 11) is 0. The van der Waals surface area contributed by atoms with Crippen molar-refractivity contribution in [3.63, 3.8) is 0 Å². The maximum Gasteiger partial charge on any atom is 0.268 e. The van der Waals surface area contributed by atoms with Crippen molar-refractivity contribution in [3.8, 4) is 23.1 Å². The number of rotatable bonds is 9. The van der Waals surface area contributed by atoms with Gasteiger partial charge in [-0.05, 0) is 48.7 Å². The largest absolute Gasteiger partial charge is 0.494 e. The van der Waals surface area contributed by atoms with Gasteiger partial charge in [0.2, 0.25) is 0 Å². The number of carbonyl (C=O) groups excluding carboxylic acids is 1. The average molecular weight is 510 g/mol. The number of nitrogens with zero attached hydrogens (tertiary/aromatic N) is 2. The first-order valence-corrected chi connectivity index (χ1v) is 12.1. The SMILES string of the molecule is CCCCOc1ccc(/C=C(\C#N)C(=O)Nc2nc(-c3ccc(Br)cc3)c(CC)s2)cc1. The predicted molar refractivity (Wildman–Crippen MR) is 134 cm³/mol. The molecule has 0 spiro atoms. The van der Waals surface area contributed by atoms with Crippen molar-refractivity contribution in [3.05, 3.63) is 69.0 Å². The zero-order valence-corrected chi connectivity index (χ0v) is 20.4. The van der Waals surface area contributed by atoms with Gasteiger partial charge in [-0.1, -0.05) is 60.5 Å². The maximum absolute atomic E-state index is 12.7. The van der Waals surface area contributed by atoms with Crippen LogP contribution in [0.2, 0.25) is 0 Å². The number of thiazole rings is 1.